The van der Waals surface area contributed by atoms with Gasteiger partial charge in [-0.25, -0.2) is 4.98 Å². The number of nitrogens with zero attached hydrogens (tertiary/aromatic N) is 2. The molecular formula is C15H11ClN2. The Morgan fingerprint density at radius 1 is 0.778 bits per heavy atom. The van der Waals surface area contributed by atoms with Gasteiger partial charge >= 0.3 is 0 Å². The molecule has 3 aromatic rings. The topological polar surface area (TPSA) is 25.8 Å². The third-order valence-electron chi connectivity index (χ3n) is 2.79. The highest BCUT2D eigenvalue weighted by molar-refractivity contribution is 6.29. The zero-order valence-corrected chi connectivity index (χ0v) is 10.4. The van der Waals surface area contributed by atoms with Crippen molar-refractivity contribution in [3.8, 4) is 0 Å². The van der Waals surface area contributed by atoms with Crippen LogP contribution in [-0.4, -0.2) is 9.97 Å². The standard InChI is InChI=1S/C15H11ClN2/c16-15-7-3-5-12(18-15)10-13-9-8-11-4-1-2-6-14(11)17-13/h1-9H,10H2. The summed E-state index contributed by atoms with van der Waals surface area (Å²) in [7, 11) is 0. The summed E-state index contributed by atoms with van der Waals surface area (Å²) in [5.74, 6) is 0. The molecular weight excluding hydrogens is 244 g/mol. The molecule has 3 heteroatoms. The van der Waals surface area contributed by atoms with Gasteiger partial charge < -0.3 is 0 Å². The first-order valence-corrected chi connectivity index (χ1v) is 6.15. The van der Waals surface area contributed by atoms with Crippen LogP contribution in [0, 0.1) is 0 Å². The number of hydrogen-bond donors (Lipinski definition) is 0. The van der Waals surface area contributed by atoms with E-state index in [9.17, 15) is 0 Å². The lowest BCUT2D eigenvalue weighted by Gasteiger charge is -2.03. The number of aromatic nitrogens is 2. The predicted molar refractivity (Wildman–Crippen MR) is 73.8 cm³/mol. The maximum atomic E-state index is 5.87. The lowest BCUT2D eigenvalue weighted by atomic mass is 10.1. The van der Waals surface area contributed by atoms with Crippen LogP contribution in [0.2, 0.25) is 5.15 Å². The fourth-order valence-electron chi connectivity index (χ4n) is 1.94. The first kappa shape index (κ1) is 11.2. The number of rotatable bonds is 2. The van der Waals surface area contributed by atoms with E-state index in [1.165, 1.54) is 0 Å². The Kier molecular flexibility index (Phi) is 2.95. The average molecular weight is 255 g/mol. The summed E-state index contributed by atoms with van der Waals surface area (Å²) >= 11 is 5.87. The molecule has 2 aromatic heterocycles. The van der Waals surface area contributed by atoms with Crippen molar-refractivity contribution >= 4 is 22.5 Å². The predicted octanol–water partition coefficient (Wildman–Crippen LogP) is 3.87. The van der Waals surface area contributed by atoms with E-state index in [1.807, 2.05) is 36.4 Å². The first-order valence-electron chi connectivity index (χ1n) is 5.77. The van der Waals surface area contributed by atoms with Gasteiger partial charge in [-0.1, -0.05) is 41.9 Å². The number of benzene rings is 1. The minimum absolute atomic E-state index is 0.522. The third-order valence-corrected chi connectivity index (χ3v) is 3.00. The van der Waals surface area contributed by atoms with Gasteiger partial charge in [0.1, 0.15) is 5.15 Å². The minimum Gasteiger partial charge on any atom is -0.252 e. The molecule has 0 N–H and O–H groups in total. The molecule has 88 valence electrons. The molecule has 2 nitrogen and oxygen atoms in total. The van der Waals surface area contributed by atoms with E-state index in [1.54, 1.807) is 6.07 Å². The number of pyridine rings is 2. The van der Waals surface area contributed by atoms with Crippen molar-refractivity contribution in [3.63, 3.8) is 0 Å². The van der Waals surface area contributed by atoms with Crippen LogP contribution in [-0.2, 0) is 6.42 Å². The SMILES string of the molecule is Clc1cccc(Cc2ccc3ccccc3n2)n1. The van der Waals surface area contributed by atoms with Gasteiger partial charge in [0.05, 0.1) is 5.52 Å². The van der Waals surface area contributed by atoms with E-state index < -0.39 is 0 Å². The quantitative estimate of drug-likeness (QED) is 0.649. The second kappa shape index (κ2) is 4.75. The van der Waals surface area contributed by atoms with Gasteiger partial charge in [0.2, 0.25) is 0 Å². The molecule has 0 aliphatic carbocycles. The molecule has 0 spiro atoms. The molecule has 2 heterocycles. The van der Waals surface area contributed by atoms with E-state index in [0.717, 1.165) is 22.3 Å². The van der Waals surface area contributed by atoms with Gasteiger partial charge in [-0.15, -0.1) is 0 Å². The number of halogens is 1. The fourth-order valence-corrected chi connectivity index (χ4v) is 2.12. The van der Waals surface area contributed by atoms with Gasteiger partial charge in [-0.05, 0) is 24.3 Å². The molecule has 0 saturated carbocycles. The maximum Gasteiger partial charge on any atom is 0.129 e. The van der Waals surface area contributed by atoms with Crippen molar-refractivity contribution in [2.45, 2.75) is 6.42 Å². The lowest BCUT2D eigenvalue weighted by Crippen LogP contribution is -1.95. The molecule has 0 atom stereocenters. The molecule has 0 aliphatic heterocycles. The highest BCUT2D eigenvalue weighted by Gasteiger charge is 2.01. The molecule has 0 fully saturated rings. The van der Waals surface area contributed by atoms with Crippen LogP contribution in [0.4, 0.5) is 0 Å². The van der Waals surface area contributed by atoms with Crippen LogP contribution in [0.15, 0.2) is 54.6 Å². The summed E-state index contributed by atoms with van der Waals surface area (Å²) in [4.78, 5) is 8.89. The lowest BCUT2D eigenvalue weighted by molar-refractivity contribution is 1.03. The van der Waals surface area contributed by atoms with E-state index in [0.29, 0.717) is 11.6 Å². The zero-order valence-electron chi connectivity index (χ0n) is 9.68. The van der Waals surface area contributed by atoms with Crippen LogP contribution < -0.4 is 0 Å². The van der Waals surface area contributed by atoms with Crippen molar-refractivity contribution in [1.29, 1.82) is 0 Å². The summed E-state index contributed by atoms with van der Waals surface area (Å²) in [5, 5.41) is 1.67. The third kappa shape index (κ3) is 2.34. The van der Waals surface area contributed by atoms with Crippen LogP contribution >= 0.6 is 11.6 Å². The minimum atomic E-state index is 0.522. The van der Waals surface area contributed by atoms with E-state index >= 15 is 0 Å². The number of para-hydroxylation sites is 1. The first-order chi connectivity index (χ1) is 8.81. The largest absolute Gasteiger partial charge is 0.252 e. The number of hydrogen-bond acceptors (Lipinski definition) is 2. The Hall–Kier alpha value is -1.93. The van der Waals surface area contributed by atoms with Gasteiger partial charge in [-0.3, -0.25) is 4.98 Å². The summed E-state index contributed by atoms with van der Waals surface area (Å²) in [6.07, 6.45) is 0.700. The Morgan fingerprint density at radius 3 is 2.50 bits per heavy atom. The molecule has 0 amide bonds. The Balaban J connectivity index is 1.95. The van der Waals surface area contributed by atoms with Gasteiger partial charge in [0, 0.05) is 23.2 Å². The van der Waals surface area contributed by atoms with Gasteiger partial charge in [0.15, 0.2) is 0 Å². The average Bonchev–Trinajstić information content (AvgIpc) is 2.39. The molecule has 0 unspecified atom stereocenters. The Bertz CT molecular complexity index is 695. The monoisotopic (exact) mass is 254 g/mol. The molecule has 3 rings (SSSR count). The molecule has 0 bridgehead atoms. The summed E-state index contributed by atoms with van der Waals surface area (Å²) in [6.45, 7) is 0. The zero-order chi connectivity index (χ0) is 12.4. The second-order valence-corrected chi connectivity index (χ2v) is 4.51. The van der Waals surface area contributed by atoms with E-state index in [4.69, 9.17) is 11.6 Å². The molecule has 0 aliphatic rings. The van der Waals surface area contributed by atoms with Gasteiger partial charge in [-0.2, -0.15) is 0 Å². The number of fused-ring (bicyclic) bond motifs is 1. The smallest absolute Gasteiger partial charge is 0.129 e. The van der Waals surface area contributed by atoms with Crippen molar-refractivity contribution in [1.82, 2.24) is 9.97 Å². The van der Waals surface area contributed by atoms with Crippen LogP contribution in [0.3, 0.4) is 0 Å². The fraction of sp³-hybridized carbons (Fsp3) is 0.0667. The van der Waals surface area contributed by atoms with Crippen LogP contribution in [0.25, 0.3) is 10.9 Å². The molecule has 0 saturated heterocycles. The normalized spacial score (nSPS) is 10.7. The molecule has 0 radical (unpaired) electrons. The molecule has 1 aromatic carbocycles. The van der Waals surface area contributed by atoms with E-state index in [2.05, 4.69) is 22.1 Å². The summed E-state index contributed by atoms with van der Waals surface area (Å²) in [6, 6.07) is 17.9. The maximum absolute atomic E-state index is 5.87. The van der Waals surface area contributed by atoms with E-state index in [-0.39, 0.29) is 0 Å². The molecule has 18 heavy (non-hydrogen) atoms. The van der Waals surface area contributed by atoms with Crippen molar-refractivity contribution in [2.75, 3.05) is 0 Å². The van der Waals surface area contributed by atoms with Crippen LogP contribution in [0.5, 0.6) is 0 Å². The summed E-state index contributed by atoms with van der Waals surface area (Å²) < 4.78 is 0. The van der Waals surface area contributed by atoms with Crippen molar-refractivity contribution in [2.24, 2.45) is 0 Å². The van der Waals surface area contributed by atoms with Crippen molar-refractivity contribution < 1.29 is 0 Å². The van der Waals surface area contributed by atoms with Gasteiger partial charge in [0.25, 0.3) is 0 Å². The van der Waals surface area contributed by atoms with Crippen LogP contribution in [0.1, 0.15) is 11.4 Å². The Morgan fingerprint density at radius 2 is 1.61 bits per heavy atom. The summed E-state index contributed by atoms with van der Waals surface area (Å²) in [5.41, 5.74) is 2.95. The highest BCUT2D eigenvalue weighted by atomic mass is 35.5. The Labute approximate surface area is 110 Å². The highest BCUT2D eigenvalue weighted by Crippen LogP contribution is 2.14. The second-order valence-electron chi connectivity index (χ2n) is 4.12. The van der Waals surface area contributed by atoms with Crippen molar-refractivity contribution in [3.05, 3.63) is 71.1 Å².